The molecule has 2 nitrogen and oxygen atoms in total. The molecule has 0 bridgehead atoms. The van der Waals surface area contributed by atoms with E-state index in [4.69, 9.17) is 9.47 Å². The van der Waals surface area contributed by atoms with Crippen molar-refractivity contribution in [2.24, 2.45) is 0 Å². The summed E-state index contributed by atoms with van der Waals surface area (Å²) in [4.78, 5) is 0. The molecule has 0 amide bonds. The third-order valence-corrected chi connectivity index (χ3v) is 2.65. The first kappa shape index (κ1) is 11.3. The van der Waals surface area contributed by atoms with Crippen molar-refractivity contribution in [2.45, 2.75) is 25.9 Å². The van der Waals surface area contributed by atoms with E-state index in [1.54, 1.807) is 13.0 Å². The lowest BCUT2D eigenvalue weighted by molar-refractivity contribution is 0.108. The van der Waals surface area contributed by atoms with E-state index < -0.39 is 11.6 Å². The molecule has 0 saturated carbocycles. The van der Waals surface area contributed by atoms with Gasteiger partial charge in [-0.1, -0.05) is 0 Å². The molecule has 0 spiro atoms. The largest absolute Gasteiger partial charge is 0.491 e. The number of halogens is 2. The summed E-state index contributed by atoms with van der Waals surface area (Å²) in [5, 5.41) is 0. The number of hydrogen-bond donors (Lipinski definition) is 0. The van der Waals surface area contributed by atoms with E-state index in [2.05, 4.69) is 0 Å². The molecular formula is C12H14F2O2. The standard InChI is InChI=1S/C12H14F2O2/c1-2-15-10-6-5-8(11(13)12(10)14)9-4-3-7-16-9/h5-6,9H,2-4,7H2,1H3. The van der Waals surface area contributed by atoms with Crippen molar-refractivity contribution < 1.29 is 18.3 Å². The van der Waals surface area contributed by atoms with Crippen molar-refractivity contribution in [2.75, 3.05) is 13.2 Å². The van der Waals surface area contributed by atoms with Crippen molar-refractivity contribution in [1.29, 1.82) is 0 Å². The lowest BCUT2D eigenvalue weighted by Crippen LogP contribution is -2.04. The summed E-state index contributed by atoms with van der Waals surface area (Å²) >= 11 is 0. The Morgan fingerprint density at radius 3 is 2.81 bits per heavy atom. The Bertz CT molecular complexity index is 374. The molecule has 88 valence electrons. The van der Waals surface area contributed by atoms with Gasteiger partial charge in [-0.05, 0) is 31.9 Å². The Kier molecular flexibility index (Phi) is 3.39. The Labute approximate surface area is 93.2 Å². The summed E-state index contributed by atoms with van der Waals surface area (Å²) in [6.45, 7) is 2.65. The summed E-state index contributed by atoms with van der Waals surface area (Å²) in [7, 11) is 0. The Hall–Kier alpha value is -1.16. The SMILES string of the molecule is CCOc1ccc(C2CCCO2)c(F)c1F. The van der Waals surface area contributed by atoms with E-state index >= 15 is 0 Å². The Balaban J connectivity index is 2.30. The van der Waals surface area contributed by atoms with Gasteiger partial charge in [-0.15, -0.1) is 0 Å². The summed E-state index contributed by atoms with van der Waals surface area (Å²) in [6.07, 6.45) is 1.31. The topological polar surface area (TPSA) is 18.5 Å². The zero-order valence-electron chi connectivity index (χ0n) is 9.13. The van der Waals surface area contributed by atoms with Crippen LogP contribution >= 0.6 is 0 Å². The molecule has 4 heteroatoms. The first-order valence-corrected chi connectivity index (χ1v) is 5.46. The van der Waals surface area contributed by atoms with E-state index in [0.717, 1.165) is 12.8 Å². The molecule has 1 aromatic rings. The molecule has 1 aromatic carbocycles. The van der Waals surface area contributed by atoms with Crippen molar-refractivity contribution in [3.05, 3.63) is 29.3 Å². The minimum Gasteiger partial charge on any atom is -0.491 e. The molecule has 1 heterocycles. The lowest BCUT2D eigenvalue weighted by Gasteiger charge is -2.13. The van der Waals surface area contributed by atoms with Crippen LogP contribution in [0.5, 0.6) is 5.75 Å². The van der Waals surface area contributed by atoms with Crippen LogP contribution in [0.25, 0.3) is 0 Å². The van der Waals surface area contributed by atoms with Gasteiger partial charge < -0.3 is 9.47 Å². The predicted octanol–water partition coefficient (Wildman–Crippen LogP) is 3.22. The molecule has 1 fully saturated rings. The van der Waals surface area contributed by atoms with Crippen molar-refractivity contribution >= 4 is 0 Å². The van der Waals surface area contributed by atoms with E-state index in [1.807, 2.05) is 0 Å². The van der Waals surface area contributed by atoms with Gasteiger partial charge in [-0.2, -0.15) is 4.39 Å². The van der Waals surface area contributed by atoms with Crippen LogP contribution in [0, 0.1) is 11.6 Å². The zero-order valence-corrected chi connectivity index (χ0v) is 9.13. The highest BCUT2D eigenvalue weighted by Crippen LogP contribution is 2.33. The molecular weight excluding hydrogens is 214 g/mol. The highest BCUT2D eigenvalue weighted by Gasteiger charge is 2.24. The molecule has 16 heavy (non-hydrogen) atoms. The third-order valence-electron chi connectivity index (χ3n) is 2.65. The second kappa shape index (κ2) is 4.78. The minimum absolute atomic E-state index is 0.0400. The van der Waals surface area contributed by atoms with Crippen LogP contribution in [0.3, 0.4) is 0 Å². The molecule has 0 aliphatic carbocycles. The summed E-state index contributed by atoms with van der Waals surface area (Å²) < 4.78 is 37.6. The second-order valence-corrected chi connectivity index (χ2v) is 3.72. The van der Waals surface area contributed by atoms with Gasteiger partial charge in [0.25, 0.3) is 0 Å². The predicted molar refractivity (Wildman–Crippen MR) is 55.5 cm³/mol. The molecule has 1 saturated heterocycles. The Morgan fingerprint density at radius 2 is 2.19 bits per heavy atom. The van der Waals surface area contributed by atoms with E-state index in [-0.39, 0.29) is 11.9 Å². The van der Waals surface area contributed by atoms with Gasteiger partial charge in [0.2, 0.25) is 5.82 Å². The highest BCUT2D eigenvalue weighted by atomic mass is 19.2. The number of rotatable bonds is 3. The van der Waals surface area contributed by atoms with Crippen LogP contribution < -0.4 is 4.74 Å². The lowest BCUT2D eigenvalue weighted by atomic mass is 10.1. The molecule has 1 aliphatic heterocycles. The summed E-state index contributed by atoms with van der Waals surface area (Å²) in [5.41, 5.74) is 0.290. The van der Waals surface area contributed by atoms with Crippen LogP contribution in [0.2, 0.25) is 0 Å². The maximum atomic E-state index is 13.7. The molecule has 0 N–H and O–H groups in total. The molecule has 1 unspecified atom stereocenters. The molecule has 0 aromatic heterocycles. The van der Waals surface area contributed by atoms with Gasteiger partial charge in [0.15, 0.2) is 11.6 Å². The number of ether oxygens (including phenoxy) is 2. The van der Waals surface area contributed by atoms with Crippen LogP contribution in [-0.2, 0) is 4.74 Å². The van der Waals surface area contributed by atoms with Gasteiger partial charge in [0.1, 0.15) is 0 Å². The quantitative estimate of drug-likeness (QED) is 0.790. The fourth-order valence-electron chi connectivity index (χ4n) is 1.89. The Morgan fingerprint density at radius 1 is 1.38 bits per heavy atom. The maximum absolute atomic E-state index is 13.7. The molecule has 0 radical (unpaired) electrons. The number of hydrogen-bond acceptors (Lipinski definition) is 2. The minimum atomic E-state index is -0.921. The average Bonchev–Trinajstić information content (AvgIpc) is 2.79. The first-order chi connectivity index (χ1) is 7.74. The van der Waals surface area contributed by atoms with Gasteiger partial charge >= 0.3 is 0 Å². The monoisotopic (exact) mass is 228 g/mol. The number of benzene rings is 1. The van der Waals surface area contributed by atoms with Crippen LogP contribution in [-0.4, -0.2) is 13.2 Å². The van der Waals surface area contributed by atoms with Gasteiger partial charge in [-0.25, -0.2) is 4.39 Å². The van der Waals surface area contributed by atoms with Crippen LogP contribution in [0.15, 0.2) is 12.1 Å². The second-order valence-electron chi connectivity index (χ2n) is 3.72. The summed E-state index contributed by atoms with van der Waals surface area (Å²) in [5.74, 6) is -1.81. The zero-order chi connectivity index (χ0) is 11.5. The van der Waals surface area contributed by atoms with Gasteiger partial charge in [0, 0.05) is 12.2 Å². The highest BCUT2D eigenvalue weighted by molar-refractivity contribution is 5.32. The van der Waals surface area contributed by atoms with E-state index in [1.165, 1.54) is 6.07 Å². The summed E-state index contributed by atoms with van der Waals surface area (Å²) in [6, 6.07) is 3.00. The van der Waals surface area contributed by atoms with E-state index in [9.17, 15) is 8.78 Å². The molecule has 1 atom stereocenters. The normalized spacial score (nSPS) is 20.1. The molecule has 2 rings (SSSR count). The smallest absolute Gasteiger partial charge is 0.200 e. The van der Waals surface area contributed by atoms with Crippen molar-refractivity contribution in [3.63, 3.8) is 0 Å². The van der Waals surface area contributed by atoms with Crippen molar-refractivity contribution in [3.8, 4) is 5.75 Å². The van der Waals surface area contributed by atoms with Crippen molar-refractivity contribution in [1.82, 2.24) is 0 Å². The van der Waals surface area contributed by atoms with Gasteiger partial charge in [0.05, 0.1) is 12.7 Å². The first-order valence-electron chi connectivity index (χ1n) is 5.46. The average molecular weight is 228 g/mol. The third kappa shape index (κ3) is 2.02. The van der Waals surface area contributed by atoms with E-state index in [0.29, 0.717) is 18.8 Å². The van der Waals surface area contributed by atoms with Crippen LogP contribution in [0.4, 0.5) is 8.78 Å². The molecule has 1 aliphatic rings. The fourth-order valence-corrected chi connectivity index (χ4v) is 1.89. The van der Waals surface area contributed by atoms with Crippen LogP contribution in [0.1, 0.15) is 31.4 Å². The fraction of sp³-hybridized carbons (Fsp3) is 0.500. The van der Waals surface area contributed by atoms with Gasteiger partial charge in [-0.3, -0.25) is 0 Å². The maximum Gasteiger partial charge on any atom is 0.200 e.